The Kier molecular flexibility index (Phi) is 7.50. The Morgan fingerprint density at radius 1 is 1.30 bits per heavy atom. The van der Waals surface area contributed by atoms with E-state index in [4.69, 9.17) is 15.3 Å². The van der Waals surface area contributed by atoms with E-state index in [2.05, 4.69) is 10.2 Å². The summed E-state index contributed by atoms with van der Waals surface area (Å²) in [5, 5.41) is 8.34. The van der Waals surface area contributed by atoms with Crippen molar-refractivity contribution in [2.24, 2.45) is 5.92 Å². The first-order valence-corrected chi connectivity index (χ1v) is 10.6. The summed E-state index contributed by atoms with van der Waals surface area (Å²) < 4.78 is 24.8. The number of nitrogens with zero attached hydrogens (tertiary/aromatic N) is 4. The van der Waals surface area contributed by atoms with Gasteiger partial charge in [0.05, 0.1) is 18.3 Å². The average Bonchev–Trinajstić information content (AvgIpc) is 3.11. The number of nitrogens with two attached hydrogens (primary N) is 1. The summed E-state index contributed by atoms with van der Waals surface area (Å²) in [5.74, 6) is 5.99. The van der Waals surface area contributed by atoms with Gasteiger partial charge in [0.25, 0.3) is 0 Å². The van der Waals surface area contributed by atoms with Crippen LogP contribution in [-0.4, -0.2) is 57.1 Å². The lowest BCUT2D eigenvalue weighted by atomic mass is 9.98. The Labute approximate surface area is 177 Å². The maximum atomic E-state index is 12.9. The number of nitrogen functional groups attached to an aromatic ring is 1. The number of rotatable bonds is 8. The molecule has 1 unspecified atom stereocenters. The maximum Gasteiger partial charge on any atom is 0.310 e. The van der Waals surface area contributed by atoms with E-state index in [0.717, 1.165) is 24.6 Å². The van der Waals surface area contributed by atoms with Gasteiger partial charge in [0.15, 0.2) is 5.82 Å². The normalized spacial score (nSPS) is 16.3. The lowest BCUT2D eigenvalue weighted by Gasteiger charge is -2.31. The van der Waals surface area contributed by atoms with E-state index in [1.807, 2.05) is 0 Å². The molecule has 1 aromatic heterocycles. The van der Waals surface area contributed by atoms with Crippen molar-refractivity contribution in [3.63, 3.8) is 0 Å². The number of piperidine rings is 1. The minimum atomic E-state index is -0.352. The Balaban J connectivity index is 1.50. The van der Waals surface area contributed by atoms with Gasteiger partial charge in [-0.3, -0.25) is 9.59 Å². The van der Waals surface area contributed by atoms with Crippen molar-refractivity contribution in [1.82, 2.24) is 19.8 Å². The van der Waals surface area contributed by atoms with Crippen molar-refractivity contribution in [3.8, 4) is 5.75 Å². The lowest BCUT2D eigenvalue weighted by molar-refractivity contribution is -0.151. The predicted octanol–water partition coefficient (Wildman–Crippen LogP) is 1.60. The quantitative estimate of drug-likeness (QED) is 0.377. The molecule has 2 N–H and O–H groups in total. The molecule has 0 spiro atoms. The highest BCUT2D eigenvalue weighted by atomic mass is 32.2. The predicted molar refractivity (Wildman–Crippen MR) is 108 cm³/mol. The van der Waals surface area contributed by atoms with Gasteiger partial charge in [-0.15, -0.1) is 10.2 Å². The zero-order valence-electron chi connectivity index (χ0n) is 16.6. The van der Waals surface area contributed by atoms with Crippen LogP contribution in [0, 0.1) is 11.7 Å². The highest BCUT2D eigenvalue weighted by Gasteiger charge is 2.29. The largest absolute Gasteiger partial charge is 0.486 e. The van der Waals surface area contributed by atoms with E-state index in [1.165, 1.54) is 28.9 Å². The molecule has 1 aromatic carbocycles. The molecular weight excluding hydrogens is 413 g/mol. The summed E-state index contributed by atoms with van der Waals surface area (Å²) in [4.78, 5) is 26.2. The first kappa shape index (κ1) is 21.9. The van der Waals surface area contributed by atoms with Crippen LogP contribution in [0.2, 0.25) is 0 Å². The van der Waals surface area contributed by atoms with Crippen molar-refractivity contribution in [2.75, 3.05) is 31.3 Å². The average molecular weight is 437 g/mol. The van der Waals surface area contributed by atoms with Gasteiger partial charge in [0.1, 0.15) is 18.2 Å². The second kappa shape index (κ2) is 10.3. The van der Waals surface area contributed by atoms with Crippen LogP contribution in [0.15, 0.2) is 29.4 Å². The van der Waals surface area contributed by atoms with Crippen molar-refractivity contribution >= 4 is 23.6 Å². The number of halogens is 1. The van der Waals surface area contributed by atoms with E-state index >= 15 is 0 Å². The van der Waals surface area contributed by atoms with Crippen LogP contribution in [0.1, 0.15) is 25.6 Å². The molecule has 162 valence electrons. The Bertz CT molecular complexity index is 876. The van der Waals surface area contributed by atoms with Crippen LogP contribution < -0.4 is 10.6 Å². The van der Waals surface area contributed by atoms with Gasteiger partial charge in [-0.1, -0.05) is 11.8 Å². The highest BCUT2D eigenvalue weighted by Crippen LogP contribution is 2.21. The summed E-state index contributed by atoms with van der Waals surface area (Å²) in [7, 11) is 0. The fraction of sp³-hybridized carbons (Fsp3) is 0.474. The van der Waals surface area contributed by atoms with E-state index in [0.29, 0.717) is 36.4 Å². The fourth-order valence-electron chi connectivity index (χ4n) is 3.06. The number of carbonyl (C=O) groups excluding carboxylic acids is 2. The minimum absolute atomic E-state index is 0.0526. The first-order chi connectivity index (χ1) is 14.5. The van der Waals surface area contributed by atoms with Crippen LogP contribution in [0.5, 0.6) is 5.75 Å². The van der Waals surface area contributed by atoms with Crippen molar-refractivity contribution in [2.45, 2.75) is 31.5 Å². The molecule has 1 amide bonds. The summed E-state index contributed by atoms with van der Waals surface area (Å²) in [6, 6.07) is 5.59. The molecule has 3 rings (SSSR count). The lowest BCUT2D eigenvalue weighted by Crippen LogP contribution is -2.43. The van der Waals surface area contributed by atoms with Crippen LogP contribution in [0.3, 0.4) is 0 Å². The van der Waals surface area contributed by atoms with Gasteiger partial charge in [-0.2, -0.15) is 0 Å². The summed E-state index contributed by atoms with van der Waals surface area (Å²) in [5.41, 5.74) is 0. The fourth-order valence-corrected chi connectivity index (χ4v) is 3.83. The third kappa shape index (κ3) is 5.62. The second-order valence-corrected chi connectivity index (χ2v) is 7.67. The van der Waals surface area contributed by atoms with Crippen molar-refractivity contribution in [1.29, 1.82) is 0 Å². The van der Waals surface area contributed by atoms with Crippen LogP contribution in [0.4, 0.5) is 4.39 Å². The number of ether oxygens (including phenoxy) is 2. The first-order valence-electron chi connectivity index (χ1n) is 9.63. The van der Waals surface area contributed by atoms with Crippen LogP contribution in [0.25, 0.3) is 0 Å². The highest BCUT2D eigenvalue weighted by molar-refractivity contribution is 7.99. The molecule has 11 heteroatoms. The zero-order chi connectivity index (χ0) is 21.5. The van der Waals surface area contributed by atoms with Crippen molar-refractivity contribution < 1.29 is 23.5 Å². The van der Waals surface area contributed by atoms with Gasteiger partial charge in [0, 0.05) is 13.1 Å². The molecule has 2 aromatic rings. The topological polar surface area (TPSA) is 113 Å². The SMILES string of the molecule is CCOC(=O)C1CCCN(C(=O)CSc2nnc(COc3ccc(F)cc3)n2N)C1. The van der Waals surface area contributed by atoms with E-state index < -0.39 is 0 Å². The van der Waals surface area contributed by atoms with Gasteiger partial charge in [0.2, 0.25) is 11.1 Å². The molecule has 0 aliphatic carbocycles. The van der Waals surface area contributed by atoms with Gasteiger partial charge in [-0.25, -0.2) is 9.07 Å². The number of carbonyl (C=O) groups is 2. The van der Waals surface area contributed by atoms with E-state index in [1.54, 1.807) is 11.8 Å². The summed E-state index contributed by atoms with van der Waals surface area (Å²) >= 11 is 1.16. The molecule has 2 heterocycles. The van der Waals surface area contributed by atoms with Gasteiger partial charge in [-0.05, 0) is 44.0 Å². The number of hydrogen-bond acceptors (Lipinski definition) is 8. The molecule has 1 aliphatic heterocycles. The number of hydrogen-bond donors (Lipinski definition) is 1. The number of thioether (sulfide) groups is 1. The van der Waals surface area contributed by atoms with Crippen LogP contribution >= 0.6 is 11.8 Å². The second-order valence-electron chi connectivity index (χ2n) is 6.73. The standard InChI is InChI=1S/C19H24FN5O4S/c1-2-28-18(27)13-4-3-9-24(10-13)17(26)12-30-19-23-22-16(25(19)21)11-29-15-7-5-14(20)6-8-15/h5-8,13H,2-4,9-12,21H2,1H3. The molecule has 1 aliphatic rings. The molecule has 1 fully saturated rings. The molecule has 0 radical (unpaired) electrons. The van der Waals surface area contributed by atoms with Gasteiger partial charge >= 0.3 is 5.97 Å². The molecule has 0 saturated carbocycles. The number of amides is 1. The monoisotopic (exact) mass is 437 g/mol. The Hall–Kier alpha value is -2.82. The van der Waals surface area contributed by atoms with Gasteiger partial charge < -0.3 is 20.2 Å². The summed E-state index contributed by atoms with van der Waals surface area (Å²) in [6.45, 7) is 3.13. The smallest absolute Gasteiger partial charge is 0.310 e. The third-order valence-electron chi connectivity index (χ3n) is 4.64. The molecule has 1 atom stereocenters. The Morgan fingerprint density at radius 2 is 2.07 bits per heavy atom. The van der Waals surface area contributed by atoms with Crippen molar-refractivity contribution in [3.05, 3.63) is 35.9 Å². The Morgan fingerprint density at radius 3 is 2.80 bits per heavy atom. The number of esters is 1. The number of aromatic nitrogens is 3. The molecule has 0 bridgehead atoms. The maximum absolute atomic E-state index is 12.9. The number of benzene rings is 1. The molecule has 30 heavy (non-hydrogen) atoms. The van der Waals surface area contributed by atoms with Crippen LogP contribution in [-0.2, 0) is 20.9 Å². The minimum Gasteiger partial charge on any atom is -0.486 e. The zero-order valence-corrected chi connectivity index (χ0v) is 17.4. The molecule has 9 nitrogen and oxygen atoms in total. The molecule has 1 saturated heterocycles. The van der Waals surface area contributed by atoms with E-state index in [-0.39, 0.29) is 36.0 Å². The van der Waals surface area contributed by atoms with E-state index in [9.17, 15) is 14.0 Å². The summed E-state index contributed by atoms with van der Waals surface area (Å²) in [6.07, 6.45) is 1.49. The number of likely N-dealkylation sites (tertiary alicyclic amines) is 1. The molecular formula is C19H24FN5O4S. The third-order valence-corrected chi connectivity index (χ3v) is 5.56.